The number of hydrogen-bond donors (Lipinski definition) is 0. The van der Waals surface area contributed by atoms with Crippen LogP contribution in [-0.4, -0.2) is 50.5 Å². The molecule has 10 nitrogen and oxygen atoms in total. The van der Waals surface area contributed by atoms with Crippen LogP contribution in [0.1, 0.15) is 59.6 Å². The van der Waals surface area contributed by atoms with Crippen molar-refractivity contribution < 1.29 is 28.6 Å². The molecule has 1 aromatic carbocycles. The summed E-state index contributed by atoms with van der Waals surface area (Å²) in [4.78, 5) is 47.9. The second-order valence-corrected chi connectivity index (χ2v) is 10.8. The Morgan fingerprint density at radius 3 is 2.08 bits per heavy atom. The van der Waals surface area contributed by atoms with Crippen LogP contribution >= 0.6 is 11.6 Å². The van der Waals surface area contributed by atoms with Crippen LogP contribution in [0.5, 0.6) is 0 Å². The van der Waals surface area contributed by atoms with Crippen molar-refractivity contribution in [2.24, 2.45) is 0 Å². The van der Waals surface area contributed by atoms with E-state index in [-0.39, 0.29) is 29.9 Å². The summed E-state index contributed by atoms with van der Waals surface area (Å²) in [5, 5.41) is 0.244. The SMILES string of the molecule is CCOC(=O)Cn1cc(C#Cc2ccccc2)c2c(Cl)nc(N(C(=O)OC(C)(C)C)C(=O)OC(C)(C)C)nc21. The number of ether oxygens (including phenoxy) is 3. The Hall–Kier alpha value is -4.10. The highest BCUT2D eigenvalue weighted by Gasteiger charge is 2.35. The second-order valence-electron chi connectivity index (χ2n) is 10.4. The summed E-state index contributed by atoms with van der Waals surface area (Å²) < 4.78 is 17.4. The summed E-state index contributed by atoms with van der Waals surface area (Å²) in [6, 6.07) is 9.29. The maximum Gasteiger partial charge on any atom is 0.427 e. The number of aromatic nitrogens is 3. The number of hydrogen-bond acceptors (Lipinski definition) is 8. The monoisotopic (exact) mass is 554 g/mol. The van der Waals surface area contributed by atoms with Gasteiger partial charge in [-0.3, -0.25) is 4.79 Å². The minimum atomic E-state index is -1.06. The van der Waals surface area contributed by atoms with E-state index in [4.69, 9.17) is 25.8 Å². The number of esters is 1. The van der Waals surface area contributed by atoms with Crippen molar-refractivity contribution in [3.05, 3.63) is 52.8 Å². The van der Waals surface area contributed by atoms with E-state index < -0.39 is 29.4 Å². The van der Waals surface area contributed by atoms with Gasteiger partial charge in [-0.05, 0) is 60.6 Å². The van der Waals surface area contributed by atoms with Crippen molar-refractivity contribution >= 4 is 46.7 Å². The smallest absolute Gasteiger partial charge is 0.427 e. The van der Waals surface area contributed by atoms with E-state index >= 15 is 0 Å². The molecule has 0 aliphatic carbocycles. The van der Waals surface area contributed by atoms with Crippen LogP contribution in [0.2, 0.25) is 5.15 Å². The Bertz CT molecular complexity index is 1410. The third-order valence-corrected chi connectivity index (χ3v) is 5.01. The van der Waals surface area contributed by atoms with Crippen LogP contribution in [0.4, 0.5) is 15.5 Å². The first-order valence-corrected chi connectivity index (χ1v) is 12.6. The number of halogens is 1. The van der Waals surface area contributed by atoms with Gasteiger partial charge in [-0.15, -0.1) is 4.90 Å². The molecule has 2 aromatic heterocycles. The van der Waals surface area contributed by atoms with E-state index in [1.165, 1.54) is 4.57 Å². The lowest BCUT2D eigenvalue weighted by Crippen LogP contribution is -2.44. The van der Waals surface area contributed by atoms with Crippen LogP contribution < -0.4 is 4.90 Å². The Kier molecular flexibility index (Phi) is 8.87. The van der Waals surface area contributed by atoms with Gasteiger partial charge < -0.3 is 18.8 Å². The molecule has 39 heavy (non-hydrogen) atoms. The molecule has 3 aromatic rings. The maximum absolute atomic E-state index is 13.1. The van der Waals surface area contributed by atoms with Gasteiger partial charge in [0, 0.05) is 11.8 Å². The van der Waals surface area contributed by atoms with Gasteiger partial charge in [0.05, 0.1) is 17.6 Å². The van der Waals surface area contributed by atoms with Gasteiger partial charge in [-0.2, -0.15) is 9.97 Å². The fourth-order valence-electron chi connectivity index (χ4n) is 3.31. The summed E-state index contributed by atoms with van der Waals surface area (Å²) in [6.45, 7) is 11.6. The zero-order valence-electron chi connectivity index (χ0n) is 23.0. The second kappa shape index (κ2) is 11.7. The Morgan fingerprint density at radius 1 is 0.949 bits per heavy atom. The average molecular weight is 555 g/mol. The van der Waals surface area contributed by atoms with Crippen LogP contribution in [0.3, 0.4) is 0 Å². The van der Waals surface area contributed by atoms with E-state index in [0.29, 0.717) is 15.8 Å². The molecule has 11 heteroatoms. The van der Waals surface area contributed by atoms with Gasteiger partial charge in [0.25, 0.3) is 0 Å². The molecule has 0 atom stereocenters. The highest BCUT2D eigenvalue weighted by Crippen LogP contribution is 2.30. The van der Waals surface area contributed by atoms with Crippen LogP contribution in [0.15, 0.2) is 36.5 Å². The molecule has 0 radical (unpaired) electrons. The lowest BCUT2D eigenvalue weighted by atomic mass is 10.2. The first kappa shape index (κ1) is 29.5. The zero-order chi connectivity index (χ0) is 29.0. The molecule has 0 spiro atoms. The minimum Gasteiger partial charge on any atom is -0.465 e. The molecular formula is C28H31ClN4O6. The third kappa shape index (κ3) is 7.94. The first-order chi connectivity index (χ1) is 18.2. The van der Waals surface area contributed by atoms with Gasteiger partial charge in [-0.25, -0.2) is 9.59 Å². The molecule has 0 unspecified atom stereocenters. The number of imide groups is 1. The number of anilines is 1. The molecule has 0 saturated carbocycles. The van der Waals surface area contributed by atoms with Gasteiger partial charge in [0.2, 0.25) is 5.95 Å². The molecule has 0 N–H and O–H groups in total. The molecule has 206 valence electrons. The van der Waals surface area contributed by atoms with Crippen molar-refractivity contribution in [1.82, 2.24) is 14.5 Å². The summed E-state index contributed by atoms with van der Waals surface area (Å²) in [5.41, 5.74) is -0.507. The topological polar surface area (TPSA) is 113 Å². The van der Waals surface area contributed by atoms with E-state index in [9.17, 15) is 14.4 Å². The van der Waals surface area contributed by atoms with Gasteiger partial charge >= 0.3 is 18.2 Å². The van der Waals surface area contributed by atoms with E-state index in [1.54, 1.807) is 54.7 Å². The predicted molar refractivity (Wildman–Crippen MR) is 147 cm³/mol. The average Bonchev–Trinajstić information content (AvgIpc) is 3.14. The molecule has 3 rings (SSSR count). The van der Waals surface area contributed by atoms with Crippen molar-refractivity contribution in [3.63, 3.8) is 0 Å². The molecule has 0 bridgehead atoms. The number of fused-ring (bicyclic) bond motifs is 1. The van der Waals surface area contributed by atoms with Crippen molar-refractivity contribution in [1.29, 1.82) is 0 Å². The summed E-state index contributed by atoms with van der Waals surface area (Å²) >= 11 is 6.60. The first-order valence-electron chi connectivity index (χ1n) is 12.2. The zero-order valence-corrected chi connectivity index (χ0v) is 23.8. The highest BCUT2D eigenvalue weighted by atomic mass is 35.5. The third-order valence-electron chi connectivity index (χ3n) is 4.73. The number of amides is 2. The van der Waals surface area contributed by atoms with Crippen LogP contribution in [0, 0.1) is 11.8 Å². The van der Waals surface area contributed by atoms with Gasteiger partial charge in [-0.1, -0.05) is 41.6 Å². The summed E-state index contributed by atoms with van der Waals surface area (Å²) in [6.07, 6.45) is -0.521. The van der Waals surface area contributed by atoms with E-state index in [0.717, 1.165) is 5.56 Å². The maximum atomic E-state index is 13.1. The largest absolute Gasteiger partial charge is 0.465 e. The molecule has 2 amide bonds. The number of nitrogens with zero attached hydrogens (tertiary/aromatic N) is 4. The number of benzene rings is 1. The van der Waals surface area contributed by atoms with Crippen molar-refractivity contribution in [2.75, 3.05) is 11.5 Å². The standard InChI is InChI=1S/C28H31ClN4O6/c1-8-37-20(34)17-32-16-19(15-14-18-12-10-9-11-13-18)21-22(29)30-24(31-23(21)32)33(25(35)38-27(2,3)4)26(36)39-28(5,6)7/h9-13,16H,8,17H2,1-7H3. The predicted octanol–water partition coefficient (Wildman–Crippen LogP) is 5.72. The lowest BCUT2D eigenvalue weighted by Gasteiger charge is -2.27. The fourth-order valence-corrected chi connectivity index (χ4v) is 3.57. The Morgan fingerprint density at radius 2 is 1.54 bits per heavy atom. The number of carbonyl (C=O) groups is 3. The Labute approximate surface area is 232 Å². The van der Waals surface area contributed by atoms with E-state index in [2.05, 4.69) is 21.8 Å². The molecule has 2 heterocycles. The molecular weight excluding hydrogens is 524 g/mol. The minimum absolute atomic E-state index is 0.0907. The molecule has 0 saturated heterocycles. The van der Waals surface area contributed by atoms with Crippen LogP contribution in [0.25, 0.3) is 11.0 Å². The molecule has 0 fully saturated rings. The fraction of sp³-hybridized carbons (Fsp3) is 0.393. The molecule has 0 aliphatic rings. The Balaban J connectivity index is 2.21. The van der Waals surface area contributed by atoms with E-state index in [1.807, 2.05) is 30.3 Å². The van der Waals surface area contributed by atoms with Gasteiger partial charge in [0.1, 0.15) is 28.5 Å². The van der Waals surface area contributed by atoms with Crippen LogP contribution in [-0.2, 0) is 25.5 Å². The highest BCUT2D eigenvalue weighted by molar-refractivity contribution is 6.34. The number of carbonyl (C=O) groups excluding carboxylic acids is 3. The van der Waals surface area contributed by atoms with Gasteiger partial charge in [0.15, 0.2) is 0 Å². The van der Waals surface area contributed by atoms with Crippen molar-refractivity contribution in [3.8, 4) is 11.8 Å². The quantitative estimate of drug-likeness (QED) is 0.174. The van der Waals surface area contributed by atoms with Crippen molar-refractivity contribution in [2.45, 2.75) is 66.2 Å². The summed E-state index contributed by atoms with van der Waals surface area (Å²) in [7, 11) is 0. The lowest BCUT2D eigenvalue weighted by molar-refractivity contribution is -0.143. The summed E-state index contributed by atoms with van der Waals surface area (Å²) in [5.74, 6) is 5.18. The molecule has 0 aliphatic heterocycles. The number of rotatable bonds is 4. The normalized spacial score (nSPS) is 11.4.